The van der Waals surface area contributed by atoms with Gasteiger partial charge in [-0.05, 0) is 24.3 Å². The standard InChI is InChI=1S/C22H21F5N6O/c23-21(24)6-8-33(9-7-21)17(13-10-30-20(31-11-13)22(25,26)27)12-29-19(34)15-2-1-3-16-14(15)4-5-18(28)32-16/h1-5,10-11,17H,6-9,12H2,(H2,28,32)(H,29,34). The van der Waals surface area contributed by atoms with E-state index < -0.39 is 42.7 Å². The van der Waals surface area contributed by atoms with E-state index in [1.54, 1.807) is 35.2 Å². The number of halogens is 5. The molecule has 1 unspecified atom stereocenters. The van der Waals surface area contributed by atoms with E-state index in [0.717, 1.165) is 12.4 Å². The number of anilines is 1. The third-order valence-corrected chi connectivity index (χ3v) is 5.73. The molecule has 1 atom stereocenters. The molecule has 12 heteroatoms. The molecule has 3 heterocycles. The average molecular weight is 480 g/mol. The average Bonchev–Trinajstić information content (AvgIpc) is 2.79. The third-order valence-electron chi connectivity index (χ3n) is 5.73. The molecule has 3 N–H and O–H groups in total. The molecule has 180 valence electrons. The molecule has 4 rings (SSSR count). The fourth-order valence-electron chi connectivity index (χ4n) is 3.93. The molecule has 1 aromatic carbocycles. The first-order valence-corrected chi connectivity index (χ1v) is 10.5. The normalized spacial score (nSPS) is 17.4. The van der Waals surface area contributed by atoms with Crippen molar-refractivity contribution in [2.45, 2.75) is 31.0 Å². The second-order valence-electron chi connectivity index (χ2n) is 8.06. The van der Waals surface area contributed by atoms with E-state index in [9.17, 15) is 26.7 Å². The van der Waals surface area contributed by atoms with Gasteiger partial charge in [-0.1, -0.05) is 6.07 Å². The minimum absolute atomic E-state index is 0.00598. The lowest BCUT2D eigenvalue weighted by atomic mass is 10.0. The number of nitrogens with zero attached hydrogens (tertiary/aromatic N) is 4. The zero-order valence-electron chi connectivity index (χ0n) is 17.8. The highest BCUT2D eigenvalue weighted by molar-refractivity contribution is 6.06. The topological polar surface area (TPSA) is 97.0 Å². The maximum absolute atomic E-state index is 13.7. The number of pyridine rings is 1. The monoisotopic (exact) mass is 480 g/mol. The van der Waals surface area contributed by atoms with Crippen LogP contribution in [0.15, 0.2) is 42.7 Å². The van der Waals surface area contributed by atoms with Crippen molar-refractivity contribution >= 4 is 22.6 Å². The number of nitrogen functional groups attached to an aromatic ring is 1. The van der Waals surface area contributed by atoms with Gasteiger partial charge in [-0.25, -0.2) is 23.7 Å². The summed E-state index contributed by atoms with van der Waals surface area (Å²) in [7, 11) is 0. The second-order valence-corrected chi connectivity index (χ2v) is 8.06. The number of carbonyl (C=O) groups excluding carboxylic acids is 1. The number of hydrogen-bond donors (Lipinski definition) is 2. The lowest BCUT2D eigenvalue weighted by Crippen LogP contribution is -2.45. The molecule has 0 radical (unpaired) electrons. The second kappa shape index (κ2) is 9.09. The van der Waals surface area contributed by atoms with Crippen LogP contribution < -0.4 is 11.1 Å². The number of piperidine rings is 1. The van der Waals surface area contributed by atoms with E-state index in [1.807, 2.05) is 0 Å². The lowest BCUT2D eigenvalue weighted by Gasteiger charge is -2.37. The summed E-state index contributed by atoms with van der Waals surface area (Å²) in [4.78, 5) is 25.6. The molecule has 1 aliphatic rings. The Morgan fingerprint density at radius 1 is 1.12 bits per heavy atom. The molecule has 0 spiro atoms. The van der Waals surface area contributed by atoms with Gasteiger partial charge in [0.15, 0.2) is 0 Å². The quantitative estimate of drug-likeness (QED) is 0.539. The molecule has 34 heavy (non-hydrogen) atoms. The van der Waals surface area contributed by atoms with Gasteiger partial charge >= 0.3 is 6.18 Å². The van der Waals surface area contributed by atoms with Crippen LogP contribution in [-0.4, -0.2) is 51.3 Å². The summed E-state index contributed by atoms with van der Waals surface area (Å²) in [5.41, 5.74) is 6.84. The Bertz CT molecular complexity index is 1170. The lowest BCUT2D eigenvalue weighted by molar-refractivity contribution is -0.145. The molecular formula is C22H21F5N6O. The van der Waals surface area contributed by atoms with Gasteiger partial charge in [-0.15, -0.1) is 0 Å². The van der Waals surface area contributed by atoms with Gasteiger partial charge in [0, 0.05) is 61.4 Å². The Morgan fingerprint density at radius 2 is 1.79 bits per heavy atom. The maximum atomic E-state index is 13.7. The van der Waals surface area contributed by atoms with Gasteiger partial charge in [0.1, 0.15) is 5.82 Å². The number of hydrogen-bond acceptors (Lipinski definition) is 6. The van der Waals surface area contributed by atoms with Crippen molar-refractivity contribution in [2.75, 3.05) is 25.4 Å². The predicted octanol–water partition coefficient (Wildman–Crippen LogP) is 3.83. The van der Waals surface area contributed by atoms with Crippen LogP contribution in [-0.2, 0) is 6.18 Å². The highest BCUT2D eigenvalue weighted by Crippen LogP contribution is 2.33. The molecule has 2 aromatic heterocycles. The van der Waals surface area contributed by atoms with Crippen LogP contribution in [0.1, 0.15) is 40.6 Å². The summed E-state index contributed by atoms with van der Waals surface area (Å²) < 4.78 is 66.0. The Hall–Kier alpha value is -3.41. The maximum Gasteiger partial charge on any atom is 0.451 e. The van der Waals surface area contributed by atoms with E-state index in [-0.39, 0.29) is 25.2 Å². The van der Waals surface area contributed by atoms with Gasteiger partial charge < -0.3 is 11.1 Å². The summed E-state index contributed by atoms with van der Waals surface area (Å²) in [6.45, 7) is -0.0318. The van der Waals surface area contributed by atoms with Gasteiger partial charge in [0.25, 0.3) is 11.8 Å². The Kier molecular flexibility index (Phi) is 6.34. The highest BCUT2D eigenvalue weighted by atomic mass is 19.4. The van der Waals surface area contributed by atoms with Crippen LogP contribution >= 0.6 is 0 Å². The Labute approximate surface area is 191 Å². The van der Waals surface area contributed by atoms with Crippen molar-refractivity contribution < 1.29 is 26.7 Å². The number of rotatable bonds is 5. The van der Waals surface area contributed by atoms with E-state index in [2.05, 4.69) is 20.3 Å². The molecule has 3 aromatic rings. The third kappa shape index (κ3) is 5.22. The first kappa shape index (κ1) is 23.7. The number of likely N-dealkylation sites (tertiary alicyclic amines) is 1. The molecule has 0 bridgehead atoms. The molecule has 1 fully saturated rings. The molecule has 1 aliphatic heterocycles. The van der Waals surface area contributed by atoms with E-state index in [0.29, 0.717) is 22.3 Å². The van der Waals surface area contributed by atoms with Crippen LogP contribution in [0.4, 0.5) is 27.8 Å². The summed E-state index contributed by atoms with van der Waals surface area (Å²) in [6.07, 6.45) is -3.46. The Balaban J connectivity index is 1.57. The van der Waals surface area contributed by atoms with Crippen molar-refractivity contribution in [2.24, 2.45) is 0 Å². The SMILES string of the molecule is Nc1ccc2c(C(=O)NCC(c3cnc(C(F)(F)F)nc3)N3CCC(F)(F)CC3)cccc2n1. The van der Waals surface area contributed by atoms with Gasteiger partial charge in [-0.2, -0.15) is 13.2 Å². The number of alkyl halides is 5. The van der Waals surface area contributed by atoms with Crippen molar-refractivity contribution in [3.05, 3.63) is 59.7 Å². The minimum atomic E-state index is -4.71. The Morgan fingerprint density at radius 3 is 2.44 bits per heavy atom. The molecule has 0 saturated carbocycles. The first-order valence-electron chi connectivity index (χ1n) is 10.5. The summed E-state index contributed by atoms with van der Waals surface area (Å²) >= 11 is 0. The number of carbonyl (C=O) groups is 1. The molecule has 1 saturated heterocycles. The smallest absolute Gasteiger partial charge is 0.384 e. The first-order chi connectivity index (χ1) is 16.0. The van der Waals surface area contributed by atoms with Gasteiger partial charge in [0.2, 0.25) is 5.82 Å². The van der Waals surface area contributed by atoms with Gasteiger partial charge in [0.05, 0.1) is 11.6 Å². The number of benzene rings is 1. The number of amides is 1. The summed E-state index contributed by atoms with van der Waals surface area (Å²) in [5, 5.41) is 3.33. The molecular weight excluding hydrogens is 459 g/mol. The number of fused-ring (bicyclic) bond motifs is 1. The van der Waals surface area contributed by atoms with Crippen molar-refractivity contribution in [3.63, 3.8) is 0 Å². The summed E-state index contributed by atoms with van der Waals surface area (Å²) in [6, 6.07) is 7.51. The molecule has 0 aliphatic carbocycles. The zero-order chi connectivity index (χ0) is 24.5. The fraction of sp³-hybridized carbons (Fsp3) is 0.364. The fourth-order valence-corrected chi connectivity index (χ4v) is 3.93. The predicted molar refractivity (Wildman–Crippen MR) is 114 cm³/mol. The largest absolute Gasteiger partial charge is 0.451 e. The summed E-state index contributed by atoms with van der Waals surface area (Å²) in [5.74, 6) is -4.25. The van der Waals surface area contributed by atoms with E-state index in [4.69, 9.17) is 5.73 Å². The van der Waals surface area contributed by atoms with Crippen molar-refractivity contribution in [1.82, 2.24) is 25.2 Å². The van der Waals surface area contributed by atoms with Crippen molar-refractivity contribution in [1.29, 1.82) is 0 Å². The van der Waals surface area contributed by atoms with E-state index in [1.165, 1.54) is 0 Å². The van der Waals surface area contributed by atoms with Gasteiger partial charge in [-0.3, -0.25) is 9.69 Å². The molecule has 1 amide bonds. The van der Waals surface area contributed by atoms with Crippen LogP contribution in [0.25, 0.3) is 10.9 Å². The highest BCUT2D eigenvalue weighted by Gasteiger charge is 2.38. The minimum Gasteiger partial charge on any atom is -0.384 e. The van der Waals surface area contributed by atoms with E-state index >= 15 is 0 Å². The van der Waals surface area contributed by atoms with Crippen LogP contribution in [0, 0.1) is 0 Å². The van der Waals surface area contributed by atoms with Crippen LogP contribution in [0.5, 0.6) is 0 Å². The zero-order valence-corrected chi connectivity index (χ0v) is 17.8. The van der Waals surface area contributed by atoms with Crippen LogP contribution in [0.3, 0.4) is 0 Å². The number of aromatic nitrogens is 3. The number of nitrogens with two attached hydrogens (primary N) is 1. The number of nitrogens with one attached hydrogen (secondary N) is 1. The van der Waals surface area contributed by atoms with Crippen LogP contribution in [0.2, 0.25) is 0 Å². The molecule has 7 nitrogen and oxygen atoms in total. The van der Waals surface area contributed by atoms with Crippen molar-refractivity contribution in [3.8, 4) is 0 Å².